The van der Waals surface area contributed by atoms with Crippen molar-refractivity contribution >= 4 is 45.8 Å². The van der Waals surface area contributed by atoms with Gasteiger partial charge in [0.1, 0.15) is 0 Å². The van der Waals surface area contributed by atoms with Gasteiger partial charge in [-0.25, -0.2) is 4.79 Å². The van der Waals surface area contributed by atoms with Gasteiger partial charge in [0.25, 0.3) is 0 Å². The number of carbonyl (C=O) groups is 2. The van der Waals surface area contributed by atoms with E-state index in [2.05, 4.69) is 15.5 Å². The third-order valence-corrected chi connectivity index (χ3v) is 4.54. The first-order chi connectivity index (χ1) is 11.1. The van der Waals surface area contributed by atoms with E-state index in [4.69, 9.17) is 10.5 Å². The van der Waals surface area contributed by atoms with E-state index in [1.807, 2.05) is 0 Å². The molecule has 122 valence electrons. The highest BCUT2D eigenvalue weighted by atomic mass is 32.2. The van der Waals surface area contributed by atoms with E-state index in [9.17, 15) is 9.59 Å². The van der Waals surface area contributed by atoms with Crippen LogP contribution in [0.5, 0.6) is 0 Å². The number of carbonyl (C=O) groups excluding carboxylic acids is 2. The molecule has 0 aliphatic heterocycles. The molecule has 0 aliphatic carbocycles. The normalized spacial score (nSPS) is 10.3. The molecule has 23 heavy (non-hydrogen) atoms. The average Bonchev–Trinajstić information content (AvgIpc) is 2.93. The van der Waals surface area contributed by atoms with Crippen LogP contribution >= 0.6 is 23.1 Å². The molecular weight excluding hydrogens is 336 g/mol. The largest absolute Gasteiger partial charge is 0.462 e. The Morgan fingerprint density at radius 2 is 2.04 bits per heavy atom. The van der Waals surface area contributed by atoms with Crippen molar-refractivity contribution < 1.29 is 14.3 Å². The van der Waals surface area contributed by atoms with Gasteiger partial charge >= 0.3 is 5.97 Å². The lowest BCUT2D eigenvalue weighted by atomic mass is 10.2. The number of nitrogen functional groups attached to an aromatic ring is 1. The summed E-state index contributed by atoms with van der Waals surface area (Å²) in [5.41, 5.74) is 6.57. The number of benzene rings is 1. The van der Waals surface area contributed by atoms with Crippen molar-refractivity contribution in [2.45, 2.75) is 17.7 Å². The van der Waals surface area contributed by atoms with Crippen LogP contribution in [0, 0.1) is 0 Å². The molecule has 2 aromatic rings. The summed E-state index contributed by atoms with van der Waals surface area (Å²) in [5, 5.41) is 10.8. The van der Waals surface area contributed by atoms with E-state index in [0.29, 0.717) is 35.2 Å². The van der Waals surface area contributed by atoms with E-state index >= 15 is 0 Å². The number of nitrogens with two attached hydrogens (primary N) is 1. The number of nitrogens with zero attached hydrogens (tertiary/aromatic N) is 2. The average molecular weight is 352 g/mol. The second kappa shape index (κ2) is 8.49. The maximum atomic E-state index is 11.9. The first-order valence-electron chi connectivity index (χ1n) is 6.87. The summed E-state index contributed by atoms with van der Waals surface area (Å²) in [7, 11) is 0. The Labute approximate surface area is 141 Å². The Bertz CT molecular complexity index is 673. The molecule has 0 atom stereocenters. The molecule has 0 bridgehead atoms. The standard InChI is InChI=1S/C14H16N4O3S2/c1-2-21-12(20)9-3-5-10(6-4-9)16-11(19)7-8-22-14-18-17-13(15)23-14/h3-6H,2,7-8H2,1H3,(H2,15,17)(H,16,19). The Hall–Kier alpha value is -2.13. The first-order valence-corrected chi connectivity index (χ1v) is 8.67. The Kier molecular flexibility index (Phi) is 6.36. The van der Waals surface area contributed by atoms with E-state index in [0.717, 1.165) is 4.34 Å². The minimum atomic E-state index is -0.377. The van der Waals surface area contributed by atoms with Gasteiger partial charge in [-0.1, -0.05) is 23.1 Å². The number of esters is 1. The Morgan fingerprint density at radius 3 is 2.65 bits per heavy atom. The van der Waals surface area contributed by atoms with Crippen molar-refractivity contribution in [2.75, 3.05) is 23.4 Å². The van der Waals surface area contributed by atoms with Crippen molar-refractivity contribution in [2.24, 2.45) is 0 Å². The van der Waals surface area contributed by atoms with Crippen LogP contribution in [0.2, 0.25) is 0 Å². The number of nitrogens with one attached hydrogen (secondary N) is 1. The van der Waals surface area contributed by atoms with Crippen LogP contribution in [0.25, 0.3) is 0 Å². The lowest BCUT2D eigenvalue weighted by Gasteiger charge is -2.06. The Morgan fingerprint density at radius 1 is 1.30 bits per heavy atom. The van der Waals surface area contributed by atoms with E-state index in [1.165, 1.54) is 23.1 Å². The smallest absolute Gasteiger partial charge is 0.338 e. The van der Waals surface area contributed by atoms with Crippen molar-refractivity contribution in [3.8, 4) is 0 Å². The summed E-state index contributed by atoms with van der Waals surface area (Å²) in [5.74, 6) is 0.0958. The van der Waals surface area contributed by atoms with Gasteiger partial charge in [-0.05, 0) is 31.2 Å². The maximum Gasteiger partial charge on any atom is 0.338 e. The summed E-state index contributed by atoms with van der Waals surface area (Å²) in [4.78, 5) is 23.4. The molecule has 0 saturated heterocycles. The number of amides is 1. The molecule has 1 aromatic heterocycles. The van der Waals surface area contributed by atoms with Crippen LogP contribution in [0.3, 0.4) is 0 Å². The van der Waals surface area contributed by atoms with Gasteiger partial charge in [0.15, 0.2) is 4.34 Å². The van der Waals surface area contributed by atoms with Gasteiger partial charge in [-0.3, -0.25) is 4.79 Å². The number of hydrogen-bond donors (Lipinski definition) is 2. The number of ether oxygens (including phenoxy) is 1. The molecule has 1 heterocycles. The first kappa shape index (κ1) is 17.2. The summed E-state index contributed by atoms with van der Waals surface area (Å²) in [6.07, 6.45) is 0.337. The molecule has 7 nitrogen and oxygen atoms in total. The van der Waals surface area contributed by atoms with Gasteiger partial charge in [-0.15, -0.1) is 10.2 Å². The zero-order valence-electron chi connectivity index (χ0n) is 12.4. The molecule has 0 aliphatic rings. The predicted molar refractivity (Wildman–Crippen MR) is 90.7 cm³/mol. The van der Waals surface area contributed by atoms with Gasteiger partial charge in [0, 0.05) is 17.9 Å². The van der Waals surface area contributed by atoms with Crippen LogP contribution < -0.4 is 11.1 Å². The van der Waals surface area contributed by atoms with Crippen molar-refractivity contribution in [1.29, 1.82) is 0 Å². The lowest BCUT2D eigenvalue weighted by Crippen LogP contribution is -2.12. The zero-order valence-corrected chi connectivity index (χ0v) is 14.1. The number of rotatable bonds is 7. The molecular formula is C14H16N4O3S2. The van der Waals surface area contributed by atoms with Crippen LogP contribution in [0.15, 0.2) is 28.6 Å². The number of thioether (sulfide) groups is 1. The molecule has 0 radical (unpaired) electrons. The van der Waals surface area contributed by atoms with Gasteiger partial charge in [-0.2, -0.15) is 0 Å². The van der Waals surface area contributed by atoms with E-state index in [1.54, 1.807) is 31.2 Å². The fourth-order valence-electron chi connectivity index (χ4n) is 1.64. The zero-order chi connectivity index (χ0) is 16.7. The van der Waals surface area contributed by atoms with Crippen molar-refractivity contribution in [3.05, 3.63) is 29.8 Å². The molecule has 0 unspecified atom stereocenters. The maximum absolute atomic E-state index is 11.9. The number of hydrogen-bond acceptors (Lipinski definition) is 8. The SMILES string of the molecule is CCOC(=O)c1ccc(NC(=O)CCSc2nnc(N)s2)cc1. The van der Waals surface area contributed by atoms with Gasteiger partial charge < -0.3 is 15.8 Å². The fraction of sp³-hybridized carbons (Fsp3) is 0.286. The van der Waals surface area contributed by atoms with Crippen molar-refractivity contribution in [1.82, 2.24) is 10.2 Å². The molecule has 0 saturated carbocycles. The second-order valence-electron chi connectivity index (χ2n) is 4.35. The molecule has 0 spiro atoms. The Balaban J connectivity index is 1.77. The highest BCUT2D eigenvalue weighted by molar-refractivity contribution is 8.01. The van der Waals surface area contributed by atoms with Gasteiger partial charge in [0.2, 0.25) is 11.0 Å². The molecule has 0 fully saturated rings. The topological polar surface area (TPSA) is 107 Å². The number of aromatic nitrogens is 2. The summed E-state index contributed by atoms with van der Waals surface area (Å²) in [6, 6.07) is 6.57. The highest BCUT2D eigenvalue weighted by Crippen LogP contribution is 2.24. The summed E-state index contributed by atoms with van der Waals surface area (Å²) in [6.45, 7) is 2.08. The molecule has 2 rings (SSSR count). The highest BCUT2D eigenvalue weighted by Gasteiger charge is 2.08. The molecule has 3 N–H and O–H groups in total. The van der Waals surface area contributed by atoms with Crippen LogP contribution in [0.4, 0.5) is 10.8 Å². The second-order valence-corrected chi connectivity index (χ2v) is 6.70. The van der Waals surface area contributed by atoms with Gasteiger partial charge in [0.05, 0.1) is 12.2 Å². The van der Waals surface area contributed by atoms with Crippen LogP contribution in [-0.4, -0.2) is 34.4 Å². The van der Waals surface area contributed by atoms with E-state index in [-0.39, 0.29) is 11.9 Å². The molecule has 1 amide bonds. The fourth-order valence-corrected chi connectivity index (χ4v) is 3.28. The number of anilines is 2. The monoisotopic (exact) mass is 352 g/mol. The summed E-state index contributed by atoms with van der Waals surface area (Å²) >= 11 is 2.73. The third kappa shape index (κ3) is 5.53. The quantitative estimate of drug-likeness (QED) is 0.582. The minimum absolute atomic E-state index is 0.112. The predicted octanol–water partition coefficient (Wildman–Crippen LogP) is 2.42. The van der Waals surface area contributed by atoms with Crippen LogP contribution in [-0.2, 0) is 9.53 Å². The van der Waals surface area contributed by atoms with E-state index < -0.39 is 0 Å². The third-order valence-electron chi connectivity index (χ3n) is 2.66. The summed E-state index contributed by atoms with van der Waals surface area (Å²) < 4.78 is 5.64. The molecule has 1 aromatic carbocycles. The molecule has 9 heteroatoms. The lowest BCUT2D eigenvalue weighted by molar-refractivity contribution is -0.115. The minimum Gasteiger partial charge on any atom is -0.462 e. The van der Waals surface area contributed by atoms with Crippen LogP contribution in [0.1, 0.15) is 23.7 Å². The van der Waals surface area contributed by atoms with Crippen molar-refractivity contribution in [3.63, 3.8) is 0 Å².